The first-order chi connectivity index (χ1) is 8.72. The molecule has 1 aliphatic rings. The van der Waals surface area contributed by atoms with Gasteiger partial charge in [0.25, 0.3) is 0 Å². The van der Waals surface area contributed by atoms with Crippen LogP contribution in [0.4, 0.5) is 4.39 Å². The summed E-state index contributed by atoms with van der Waals surface area (Å²) in [5.74, 6) is 0.241. The predicted octanol–water partition coefficient (Wildman–Crippen LogP) is 3.67. The van der Waals surface area contributed by atoms with Crippen LogP contribution in [-0.2, 0) is 4.74 Å². The summed E-state index contributed by atoms with van der Waals surface area (Å²) in [7, 11) is 0. The van der Waals surface area contributed by atoms with Crippen LogP contribution in [0.5, 0.6) is 0 Å². The van der Waals surface area contributed by atoms with Gasteiger partial charge in [0.15, 0.2) is 0 Å². The molecule has 0 bridgehead atoms. The molecular formula is C14H19BrFNO. The first-order valence-electron chi connectivity index (χ1n) is 6.48. The lowest BCUT2D eigenvalue weighted by Crippen LogP contribution is -2.29. The summed E-state index contributed by atoms with van der Waals surface area (Å²) in [5.41, 5.74) is 0.999. The molecule has 1 aromatic rings. The minimum absolute atomic E-state index is 0.164. The van der Waals surface area contributed by atoms with Gasteiger partial charge in [0.1, 0.15) is 5.82 Å². The lowest BCUT2D eigenvalue weighted by atomic mass is 9.92. The molecule has 18 heavy (non-hydrogen) atoms. The average molecular weight is 316 g/mol. The zero-order valence-electron chi connectivity index (χ0n) is 10.6. The molecule has 2 unspecified atom stereocenters. The maximum atomic E-state index is 13.4. The summed E-state index contributed by atoms with van der Waals surface area (Å²) in [6.07, 6.45) is 2.10. The van der Waals surface area contributed by atoms with Crippen LogP contribution in [0.2, 0.25) is 0 Å². The van der Waals surface area contributed by atoms with Crippen molar-refractivity contribution in [3.05, 3.63) is 34.1 Å². The Hall–Kier alpha value is -0.450. The second-order valence-electron chi connectivity index (χ2n) is 4.72. The van der Waals surface area contributed by atoms with E-state index in [2.05, 4.69) is 28.2 Å². The van der Waals surface area contributed by atoms with Crippen LogP contribution in [0.25, 0.3) is 0 Å². The fourth-order valence-electron chi connectivity index (χ4n) is 2.40. The maximum absolute atomic E-state index is 13.4. The van der Waals surface area contributed by atoms with E-state index in [4.69, 9.17) is 4.74 Å². The highest BCUT2D eigenvalue weighted by molar-refractivity contribution is 9.10. The van der Waals surface area contributed by atoms with E-state index in [1.54, 1.807) is 12.1 Å². The highest BCUT2D eigenvalue weighted by Crippen LogP contribution is 2.33. The van der Waals surface area contributed by atoms with Crippen molar-refractivity contribution in [2.24, 2.45) is 5.92 Å². The fraction of sp³-hybridized carbons (Fsp3) is 0.571. The van der Waals surface area contributed by atoms with Gasteiger partial charge in [-0.15, -0.1) is 0 Å². The number of hydrogen-bond donors (Lipinski definition) is 1. The summed E-state index contributed by atoms with van der Waals surface area (Å²) in [4.78, 5) is 0. The van der Waals surface area contributed by atoms with Crippen LogP contribution in [0.15, 0.2) is 22.7 Å². The number of ether oxygens (including phenoxy) is 1. The Balaban J connectivity index is 2.23. The summed E-state index contributed by atoms with van der Waals surface area (Å²) >= 11 is 3.52. The van der Waals surface area contributed by atoms with E-state index in [0.717, 1.165) is 42.6 Å². The summed E-state index contributed by atoms with van der Waals surface area (Å²) < 4.78 is 19.9. The molecule has 0 saturated carbocycles. The zero-order valence-corrected chi connectivity index (χ0v) is 12.2. The van der Waals surface area contributed by atoms with Gasteiger partial charge in [-0.05, 0) is 43.1 Å². The zero-order chi connectivity index (χ0) is 13.0. The molecule has 1 aliphatic heterocycles. The van der Waals surface area contributed by atoms with Crippen LogP contribution >= 0.6 is 15.9 Å². The molecule has 1 aromatic carbocycles. The van der Waals surface area contributed by atoms with Gasteiger partial charge < -0.3 is 10.1 Å². The molecule has 2 nitrogen and oxygen atoms in total. The Morgan fingerprint density at radius 3 is 3.06 bits per heavy atom. The fourth-order valence-corrected chi connectivity index (χ4v) is 2.89. The smallest absolute Gasteiger partial charge is 0.123 e. The standard InChI is InChI=1S/C14H19BrFNO/c1-2-6-17-14(10-5-7-18-9-10)12-8-11(16)3-4-13(12)15/h3-4,8,10,14,17H,2,5-7,9H2,1H3. The molecule has 1 heterocycles. The van der Waals surface area contributed by atoms with Gasteiger partial charge >= 0.3 is 0 Å². The second kappa shape index (κ2) is 6.64. The van der Waals surface area contributed by atoms with Gasteiger partial charge in [0, 0.05) is 23.0 Å². The highest BCUT2D eigenvalue weighted by Gasteiger charge is 2.28. The first kappa shape index (κ1) is 14.0. The SMILES string of the molecule is CCCNC(c1cc(F)ccc1Br)C1CCOC1. The van der Waals surface area contributed by atoms with Crippen LogP contribution in [-0.4, -0.2) is 19.8 Å². The van der Waals surface area contributed by atoms with Crippen LogP contribution in [0.1, 0.15) is 31.4 Å². The van der Waals surface area contributed by atoms with Crippen LogP contribution < -0.4 is 5.32 Å². The Bertz CT molecular complexity index is 393. The lowest BCUT2D eigenvalue weighted by Gasteiger charge is -2.25. The highest BCUT2D eigenvalue weighted by atomic mass is 79.9. The molecule has 0 amide bonds. The molecule has 0 radical (unpaired) electrons. The molecule has 1 saturated heterocycles. The van der Waals surface area contributed by atoms with Gasteiger partial charge in [-0.25, -0.2) is 4.39 Å². The number of halogens is 2. The Labute approximate surface area is 116 Å². The van der Waals surface area contributed by atoms with Crippen molar-refractivity contribution in [3.8, 4) is 0 Å². The van der Waals surface area contributed by atoms with Crippen LogP contribution in [0.3, 0.4) is 0 Å². The molecule has 1 N–H and O–H groups in total. The Kier molecular flexibility index (Phi) is 5.15. The van der Waals surface area contributed by atoms with Crippen molar-refractivity contribution in [3.63, 3.8) is 0 Å². The largest absolute Gasteiger partial charge is 0.381 e. The monoisotopic (exact) mass is 315 g/mol. The van der Waals surface area contributed by atoms with Crippen LogP contribution in [0, 0.1) is 11.7 Å². The van der Waals surface area contributed by atoms with E-state index >= 15 is 0 Å². The molecule has 0 spiro atoms. The molecule has 0 aliphatic carbocycles. The minimum Gasteiger partial charge on any atom is -0.381 e. The van der Waals surface area contributed by atoms with Crippen molar-refractivity contribution in [2.45, 2.75) is 25.8 Å². The maximum Gasteiger partial charge on any atom is 0.123 e. The molecule has 1 fully saturated rings. The lowest BCUT2D eigenvalue weighted by molar-refractivity contribution is 0.176. The number of benzene rings is 1. The van der Waals surface area contributed by atoms with Crippen molar-refractivity contribution in [2.75, 3.05) is 19.8 Å². The van der Waals surface area contributed by atoms with E-state index < -0.39 is 0 Å². The average Bonchev–Trinajstić information content (AvgIpc) is 2.88. The molecule has 4 heteroatoms. The van der Waals surface area contributed by atoms with E-state index in [1.165, 1.54) is 6.07 Å². The molecule has 2 atom stereocenters. The number of rotatable bonds is 5. The van der Waals surface area contributed by atoms with Crippen molar-refractivity contribution in [1.82, 2.24) is 5.32 Å². The van der Waals surface area contributed by atoms with Crippen molar-refractivity contribution >= 4 is 15.9 Å². The Morgan fingerprint density at radius 1 is 1.56 bits per heavy atom. The third-order valence-corrected chi connectivity index (χ3v) is 4.07. The third kappa shape index (κ3) is 3.31. The summed E-state index contributed by atoms with van der Waals surface area (Å²) in [6, 6.07) is 5.05. The molecule has 2 rings (SSSR count). The second-order valence-corrected chi connectivity index (χ2v) is 5.58. The Morgan fingerprint density at radius 2 is 2.39 bits per heavy atom. The van der Waals surface area contributed by atoms with Gasteiger partial charge in [0.05, 0.1) is 6.61 Å². The predicted molar refractivity (Wildman–Crippen MR) is 74.1 cm³/mol. The first-order valence-corrected chi connectivity index (χ1v) is 7.27. The van der Waals surface area contributed by atoms with Gasteiger partial charge in [-0.2, -0.15) is 0 Å². The van der Waals surface area contributed by atoms with Gasteiger partial charge in [-0.3, -0.25) is 0 Å². The van der Waals surface area contributed by atoms with E-state index in [-0.39, 0.29) is 11.9 Å². The van der Waals surface area contributed by atoms with Gasteiger partial charge in [-0.1, -0.05) is 22.9 Å². The van der Waals surface area contributed by atoms with E-state index in [1.807, 2.05) is 0 Å². The van der Waals surface area contributed by atoms with E-state index in [9.17, 15) is 4.39 Å². The third-order valence-electron chi connectivity index (χ3n) is 3.34. The minimum atomic E-state index is -0.185. The topological polar surface area (TPSA) is 21.3 Å². The molecule has 0 aromatic heterocycles. The number of hydrogen-bond acceptors (Lipinski definition) is 2. The van der Waals surface area contributed by atoms with E-state index in [0.29, 0.717) is 5.92 Å². The van der Waals surface area contributed by atoms with Crippen molar-refractivity contribution in [1.29, 1.82) is 0 Å². The van der Waals surface area contributed by atoms with Crippen molar-refractivity contribution < 1.29 is 9.13 Å². The number of nitrogens with one attached hydrogen (secondary N) is 1. The van der Waals surface area contributed by atoms with Gasteiger partial charge in [0.2, 0.25) is 0 Å². The summed E-state index contributed by atoms with van der Waals surface area (Å²) in [6.45, 7) is 4.63. The molecular weight excluding hydrogens is 297 g/mol. The quantitative estimate of drug-likeness (QED) is 0.895. The summed E-state index contributed by atoms with van der Waals surface area (Å²) in [5, 5.41) is 3.52. The normalized spacial score (nSPS) is 21.2. The molecule has 100 valence electrons.